The molecule has 1 aliphatic rings. The van der Waals surface area contributed by atoms with Crippen molar-refractivity contribution in [3.63, 3.8) is 0 Å². The molecule has 130 valence electrons. The van der Waals surface area contributed by atoms with E-state index in [9.17, 15) is 10.1 Å². The second kappa shape index (κ2) is 7.65. The number of nitrogens with zero attached hydrogens (tertiary/aromatic N) is 2. The summed E-state index contributed by atoms with van der Waals surface area (Å²) in [5.74, 6) is 1.19. The zero-order valence-electron chi connectivity index (χ0n) is 13.7. The normalized spacial score (nSPS) is 16.6. The Bertz CT molecular complexity index is 791. The third-order valence-corrected chi connectivity index (χ3v) is 4.13. The second-order valence-corrected chi connectivity index (χ2v) is 5.77. The Morgan fingerprint density at radius 1 is 1.28 bits per heavy atom. The van der Waals surface area contributed by atoms with Gasteiger partial charge >= 0.3 is 0 Å². The highest BCUT2D eigenvalue weighted by Gasteiger charge is 2.21. The molecule has 0 spiro atoms. The molecule has 0 fully saturated rings. The molecule has 2 aromatic carbocycles. The van der Waals surface area contributed by atoms with Gasteiger partial charge in [-0.15, -0.1) is 0 Å². The molecule has 1 heterocycles. The molecule has 25 heavy (non-hydrogen) atoms. The van der Waals surface area contributed by atoms with E-state index in [0.29, 0.717) is 31.1 Å². The topological polar surface area (TPSA) is 103 Å². The molecule has 2 aromatic rings. The van der Waals surface area contributed by atoms with Crippen LogP contribution in [0.1, 0.15) is 23.6 Å². The first kappa shape index (κ1) is 16.8. The standard InChI is InChI=1S/C18H20N4O3/c19-18(20-11-9-13-5-1-3-7-16(13)22(23)24)21-15-10-12-25-17-8-4-2-6-14(15)17/h1-8,15H,9-12H2,(H3,19,20,21). The summed E-state index contributed by atoms with van der Waals surface area (Å²) in [6, 6.07) is 14.6. The minimum absolute atomic E-state index is 0.0553. The van der Waals surface area contributed by atoms with E-state index in [0.717, 1.165) is 17.7 Å². The molecule has 0 radical (unpaired) electrons. The summed E-state index contributed by atoms with van der Waals surface area (Å²) in [7, 11) is 0. The molecule has 3 N–H and O–H groups in total. The molecule has 1 atom stereocenters. The van der Waals surface area contributed by atoms with E-state index in [-0.39, 0.29) is 16.7 Å². The second-order valence-electron chi connectivity index (χ2n) is 5.77. The Labute approximate surface area is 145 Å². The Kier molecular flexibility index (Phi) is 5.13. The summed E-state index contributed by atoms with van der Waals surface area (Å²) in [5.41, 5.74) is 7.82. The number of nitrogens with one attached hydrogen (secondary N) is 1. The van der Waals surface area contributed by atoms with Crippen LogP contribution in [0.2, 0.25) is 0 Å². The number of fused-ring (bicyclic) bond motifs is 1. The zero-order valence-corrected chi connectivity index (χ0v) is 13.7. The van der Waals surface area contributed by atoms with Gasteiger partial charge in [0.05, 0.1) is 17.6 Å². The Morgan fingerprint density at radius 2 is 2.04 bits per heavy atom. The molecule has 0 aliphatic carbocycles. The van der Waals surface area contributed by atoms with Crippen LogP contribution < -0.4 is 15.8 Å². The summed E-state index contributed by atoms with van der Waals surface area (Å²) in [4.78, 5) is 15.0. The third kappa shape index (κ3) is 4.06. The lowest BCUT2D eigenvalue weighted by Gasteiger charge is -2.26. The maximum Gasteiger partial charge on any atom is 0.272 e. The lowest BCUT2D eigenvalue weighted by molar-refractivity contribution is -0.385. The minimum Gasteiger partial charge on any atom is -0.493 e. The number of nitro benzene ring substituents is 1. The number of guanidine groups is 1. The average Bonchev–Trinajstić information content (AvgIpc) is 2.62. The van der Waals surface area contributed by atoms with E-state index < -0.39 is 0 Å². The Hall–Kier alpha value is -3.09. The monoisotopic (exact) mass is 340 g/mol. The van der Waals surface area contributed by atoms with E-state index in [1.54, 1.807) is 18.2 Å². The smallest absolute Gasteiger partial charge is 0.272 e. The van der Waals surface area contributed by atoms with Crippen molar-refractivity contribution in [3.05, 3.63) is 69.8 Å². The predicted molar refractivity (Wildman–Crippen MR) is 95.7 cm³/mol. The van der Waals surface area contributed by atoms with Gasteiger partial charge in [0.2, 0.25) is 0 Å². The van der Waals surface area contributed by atoms with E-state index in [1.165, 1.54) is 6.07 Å². The van der Waals surface area contributed by atoms with Crippen LogP contribution in [-0.2, 0) is 6.42 Å². The number of nitro groups is 1. The van der Waals surface area contributed by atoms with Crippen LogP contribution in [0, 0.1) is 10.1 Å². The van der Waals surface area contributed by atoms with E-state index in [4.69, 9.17) is 10.5 Å². The first-order valence-electron chi connectivity index (χ1n) is 8.15. The molecular weight excluding hydrogens is 320 g/mol. The van der Waals surface area contributed by atoms with Gasteiger partial charge < -0.3 is 15.8 Å². The van der Waals surface area contributed by atoms with Crippen molar-refractivity contribution in [1.82, 2.24) is 5.32 Å². The van der Waals surface area contributed by atoms with Gasteiger partial charge in [-0.1, -0.05) is 36.4 Å². The number of hydrogen-bond acceptors (Lipinski definition) is 4. The van der Waals surface area contributed by atoms with Crippen molar-refractivity contribution in [2.24, 2.45) is 10.7 Å². The molecule has 0 saturated carbocycles. The van der Waals surface area contributed by atoms with E-state index in [2.05, 4.69) is 10.3 Å². The highest BCUT2D eigenvalue weighted by molar-refractivity contribution is 5.78. The average molecular weight is 340 g/mol. The molecule has 7 heteroatoms. The minimum atomic E-state index is -0.375. The van der Waals surface area contributed by atoms with E-state index in [1.807, 2.05) is 24.3 Å². The SMILES string of the molecule is NC(=NCCc1ccccc1[N+](=O)[O-])NC1CCOc2ccccc21. The number of aliphatic imine (C=N–C) groups is 1. The van der Waals surface area contributed by atoms with Crippen molar-refractivity contribution >= 4 is 11.6 Å². The summed E-state index contributed by atoms with van der Waals surface area (Å²) in [5, 5.41) is 14.2. The fraction of sp³-hybridized carbons (Fsp3) is 0.278. The van der Waals surface area contributed by atoms with Crippen molar-refractivity contribution in [1.29, 1.82) is 0 Å². The predicted octanol–water partition coefficient (Wildman–Crippen LogP) is 2.57. The van der Waals surface area contributed by atoms with Crippen molar-refractivity contribution in [3.8, 4) is 5.75 Å². The van der Waals surface area contributed by atoms with Crippen LogP contribution in [0.4, 0.5) is 5.69 Å². The van der Waals surface area contributed by atoms with Gasteiger partial charge in [0.25, 0.3) is 5.69 Å². The largest absolute Gasteiger partial charge is 0.493 e. The number of nitrogens with two attached hydrogens (primary N) is 1. The number of hydrogen-bond donors (Lipinski definition) is 2. The Morgan fingerprint density at radius 3 is 2.88 bits per heavy atom. The van der Waals surface area contributed by atoms with Crippen molar-refractivity contribution in [2.45, 2.75) is 18.9 Å². The van der Waals surface area contributed by atoms with Gasteiger partial charge in [0, 0.05) is 30.2 Å². The van der Waals surface area contributed by atoms with Gasteiger partial charge in [0.1, 0.15) is 5.75 Å². The summed E-state index contributed by atoms with van der Waals surface area (Å²) in [6.45, 7) is 1.01. The van der Waals surface area contributed by atoms with Gasteiger partial charge in [-0.25, -0.2) is 0 Å². The number of rotatable bonds is 5. The highest BCUT2D eigenvalue weighted by atomic mass is 16.6. The van der Waals surface area contributed by atoms with Gasteiger partial charge in [-0.3, -0.25) is 15.1 Å². The molecular formula is C18H20N4O3. The molecule has 0 amide bonds. The number of para-hydroxylation sites is 2. The summed E-state index contributed by atoms with van der Waals surface area (Å²) < 4.78 is 5.63. The highest BCUT2D eigenvalue weighted by Crippen LogP contribution is 2.31. The Balaban J connectivity index is 1.61. The van der Waals surface area contributed by atoms with Crippen LogP contribution in [0.15, 0.2) is 53.5 Å². The van der Waals surface area contributed by atoms with Crippen LogP contribution in [0.3, 0.4) is 0 Å². The van der Waals surface area contributed by atoms with Crippen LogP contribution in [0.25, 0.3) is 0 Å². The lowest BCUT2D eigenvalue weighted by Crippen LogP contribution is -2.37. The van der Waals surface area contributed by atoms with Gasteiger partial charge in [0.15, 0.2) is 5.96 Å². The maximum atomic E-state index is 11.0. The summed E-state index contributed by atoms with van der Waals surface area (Å²) >= 11 is 0. The van der Waals surface area contributed by atoms with E-state index >= 15 is 0 Å². The lowest BCUT2D eigenvalue weighted by atomic mass is 10.0. The zero-order chi connectivity index (χ0) is 17.6. The number of ether oxygens (including phenoxy) is 1. The van der Waals surface area contributed by atoms with Crippen LogP contribution in [0.5, 0.6) is 5.75 Å². The van der Waals surface area contributed by atoms with Crippen molar-refractivity contribution in [2.75, 3.05) is 13.2 Å². The third-order valence-electron chi connectivity index (χ3n) is 4.13. The first-order chi connectivity index (χ1) is 12.1. The van der Waals surface area contributed by atoms with Gasteiger partial charge in [-0.05, 0) is 12.5 Å². The van der Waals surface area contributed by atoms with Gasteiger partial charge in [-0.2, -0.15) is 0 Å². The quantitative estimate of drug-likeness (QED) is 0.377. The molecule has 0 aromatic heterocycles. The van der Waals surface area contributed by atoms with Crippen LogP contribution in [-0.4, -0.2) is 24.0 Å². The molecule has 7 nitrogen and oxygen atoms in total. The molecule has 0 bridgehead atoms. The van der Waals surface area contributed by atoms with Crippen LogP contribution >= 0.6 is 0 Å². The fourth-order valence-electron chi connectivity index (χ4n) is 2.91. The number of benzene rings is 2. The maximum absolute atomic E-state index is 11.0. The fourth-order valence-corrected chi connectivity index (χ4v) is 2.91. The molecule has 1 aliphatic heterocycles. The molecule has 3 rings (SSSR count). The molecule has 1 unspecified atom stereocenters. The molecule has 0 saturated heterocycles. The summed E-state index contributed by atoms with van der Waals surface area (Å²) in [6.07, 6.45) is 1.27. The first-order valence-corrected chi connectivity index (χ1v) is 8.15. The van der Waals surface area contributed by atoms with Crippen molar-refractivity contribution < 1.29 is 9.66 Å².